The van der Waals surface area contributed by atoms with Gasteiger partial charge in [-0.25, -0.2) is 8.42 Å². The third kappa shape index (κ3) is 4.60. The van der Waals surface area contributed by atoms with E-state index in [2.05, 4.69) is 12.2 Å². The van der Waals surface area contributed by atoms with Gasteiger partial charge >= 0.3 is 0 Å². The van der Waals surface area contributed by atoms with Crippen molar-refractivity contribution in [1.29, 1.82) is 0 Å². The van der Waals surface area contributed by atoms with E-state index >= 15 is 0 Å². The number of nitrogens with one attached hydrogen (secondary N) is 1. The third-order valence-electron chi connectivity index (χ3n) is 5.08. The Morgan fingerprint density at radius 1 is 1.00 bits per heavy atom. The maximum atomic E-state index is 12.7. The molecule has 28 heavy (non-hydrogen) atoms. The highest BCUT2D eigenvalue weighted by atomic mass is 32.2. The Kier molecular flexibility index (Phi) is 6.49. The predicted octanol–water partition coefficient (Wildman–Crippen LogP) is 2.50. The zero-order valence-corrected chi connectivity index (χ0v) is 17.2. The van der Waals surface area contributed by atoms with Gasteiger partial charge in [-0.3, -0.25) is 9.69 Å². The molecule has 1 saturated heterocycles. The Balaban J connectivity index is 1.57. The van der Waals surface area contributed by atoms with Crippen molar-refractivity contribution in [3.8, 4) is 0 Å². The van der Waals surface area contributed by atoms with E-state index in [4.69, 9.17) is 0 Å². The minimum absolute atomic E-state index is 0.0663. The fourth-order valence-electron chi connectivity index (χ4n) is 3.45. The van der Waals surface area contributed by atoms with Crippen molar-refractivity contribution in [2.45, 2.75) is 25.2 Å². The van der Waals surface area contributed by atoms with Crippen LogP contribution in [0.1, 0.15) is 18.1 Å². The quantitative estimate of drug-likeness (QED) is 0.807. The zero-order valence-electron chi connectivity index (χ0n) is 16.4. The van der Waals surface area contributed by atoms with Crippen LogP contribution in [0.15, 0.2) is 53.4 Å². The highest BCUT2D eigenvalue weighted by Crippen LogP contribution is 2.21. The molecule has 1 amide bonds. The first kappa shape index (κ1) is 20.5. The van der Waals surface area contributed by atoms with Gasteiger partial charge in [0.15, 0.2) is 0 Å². The number of rotatable bonds is 6. The minimum atomic E-state index is -3.47. The van der Waals surface area contributed by atoms with Crippen molar-refractivity contribution in [1.82, 2.24) is 9.21 Å². The largest absolute Gasteiger partial charge is 0.324 e. The molecule has 7 heteroatoms. The smallest absolute Gasteiger partial charge is 0.243 e. The van der Waals surface area contributed by atoms with E-state index in [1.807, 2.05) is 30.0 Å². The van der Waals surface area contributed by atoms with Crippen molar-refractivity contribution in [2.24, 2.45) is 0 Å². The standard InChI is InChI=1S/C21H27N3O3S/c1-3-18-9-7-8-17(2)21(18)22-20(25)16-23-12-14-24(15-13-23)28(26,27)19-10-5-4-6-11-19/h4-11H,3,12-16H2,1-2H3,(H,22,25). The van der Waals surface area contributed by atoms with Crippen molar-refractivity contribution < 1.29 is 13.2 Å². The van der Waals surface area contributed by atoms with Crippen molar-refractivity contribution in [3.63, 3.8) is 0 Å². The third-order valence-corrected chi connectivity index (χ3v) is 7.00. The molecule has 6 nitrogen and oxygen atoms in total. The van der Waals surface area contributed by atoms with Gasteiger partial charge in [-0.1, -0.05) is 43.3 Å². The lowest BCUT2D eigenvalue weighted by Crippen LogP contribution is -2.50. The summed E-state index contributed by atoms with van der Waals surface area (Å²) in [6, 6.07) is 14.5. The molecule has 0 saturated carbocycles. The second-order valence-corrected chi connectivity index (χ2v) is 8.94. The molecule has 0 atom stereocenters. The fourth-order valence-corrected chi connectivity index (χ4v) is 4.90. The van der Waals surface area contributed by atoms with E-state index in [9.17, 15) is 13.2 Å². The second-order valence-electron chi connectivity index (χ2n) is 7.00. The molecule has 0 unspecified atom stereocenters. The van der Waals surface area contributed by atoms with Gasteiger partial charge in [0, 0.05) is 31.9 Å². The summed E-state index contributed by atoms with van der Waals surface area (Å²) in [7, 11) is -3.47. The Labute approximate surface area is 167 Å². The molecule has 0 aliphatic carbocycles. The molecular formula is C21H27N3O3S. The summed E-state index contributed by atoms with van der Waals surface area (Å²) in [4.78, 5) is 14.8. The zero-order chi connectivity index (χ0) is 20.1. The second kappa shape index (κ2) is 8.86. The molecule has 0 aromatic heterocycles. The number of benzene rings is 2. The maximum absolute atomic E-state index is 12.7. The summed E-state index contributed by atoms with van der Waals surface area (Å²) >= 11 is 0. The predicted molar refractivity (Wildman–Crippen MR) is 111 cm³/mol. The van der Waals surface area contributed by atoms with Gasteiger partial charge in [-0.15, -0.1) is 0 Å². The van der Waals surface area contributed by atoms with Crippen LogP contribution in [0.5, 0.6) is 0 Å². The van der Waals surface area contributed by atoms with Crippen LogP contribution < -0.4 is 5.32 Å². The summed E-state index contributed by atoms with van der Waals surface area (Å²) in [5.74, 6) is -0.0663. The van der Waals surface area contributed by atoms with Crippen molar-refractivity contribution in [2.75, 3.05) is 38.0 Å². The Bertz CT molecular complexity index is 921. The molecule has 3 rings (SSSR count). The Hall–Kier alpha value is -2.22. The number of hydrogen-bond donors (Lipinski definition) is 1. The number of anilines is 1. The van der Waals surface area contributed by atoms with E-state index in [1.165, 1.54) is 4.31 Å². The van der Waals surface area contributed by atoms with Crippen LogP contribution in [0.2, 0.25) is 0 Å². The van der Waals surface area contributed by atoms with Gasteiger partial charge in [-0.2, -0.15) is 4.31 Å². The molecule has 1 fully saturated rings. The number of carbonyl (C=O) groups is 1. The topological polar surface area (TPSA) is 69.7 Å². The van der Waals surface area contributed by atoms with Crippen LogP contribution >= 0.6 is 0 Å². The number of nitrogens with zero attached hydrogens (tertiary/aromatic N) is 2. The monoisotopic (exact) mass is 401 g/mol. The number of para-hydroxylation sites is 1. The molecule has 2 aromatic rings. The normalized spacial score (nSPS) is 16.1. The molecule has 1 aliphatic rings. The lowest BCUT2D eigenvalue weighted by atomic mass is 10.1. The van der Waals surface area contributed by atoms with Gasteiger partial charge in [0.2, 0.25) is 15.9 Å². The SMILES string of the molecule is CCc1cccc(C)c1NC(=O)CN1CCN(S(=O)(=O)c2ccccc2)CC1. The molecule has 1 N–H and O–H groups in total. The molecule has 2 aromatic carbocycles. The summed E-state index contributed by atoms with van der Waals surface area (Å²) in [6.07, 6.45) is 0.854. The molecular weight excluding hydrogens is 374 g/mol. The number of carbonyl (C=O) groups excluding carboxylic acids is 1. The van der Waals surface area contributed by atoms with Crippen molar-refractivity contribution >= 4 is 21.6 Å². The average Bonchev–Trinajstić information content (AvgIpc) is 2.70. The number of piperazine rings is 1. The van der Waals surface area contributed by atoms with E-state index in [0.29, 0.717) is 31.1 Å². The molecule has 1 heterocycles. The van der Waals surface area contributed by atoms with E-state index < -0.39 is 10.0 Å². The lowest BCUT2D eigenvalue weighted by Gasteiger charge is -2.33. The molecule has 150 valence electrons. The first-order chi connectivity index (χ1) is 13.4. The number of hydrogen-bond acceptors (Lipinski definition) is 4. The van der Waals surface area contributed by atoms with E-state index in [1.54, 1.807) is 30.3 Å². The summed E-state index contributed by atoms with van der Waals surface area (Å²) in [6.45, 7) is 6.15. The van der Waals surface area contributed by atoms with Crippen LogP contribution in [0.25, 0.3) is 0 Å². The number of sulfonamides is 1. The summed E-state index contributed by atoms with van der Waals surface area (Å²) in [5, 5.41) is 3.03. The number of aryl methyl sites for hydroxylation is 2. The molecule has 0 spiro atoms. The van der Waals surface area contributed by atoms with Crippen LogP contribution in [0.4, 0.5) is 5.69 Å². The van der Waals surface area contributed by atoms with E-state index in [0.717, 1.165) is 23.2 Å². The van der Waals surface area contributed by atoms with Gasteiger partial charge < -0.3 is 5.32 Å². The van der Waals surface area contributed by atoms with Gasteiger partial charge in [0.25, 0.3) is 0 Å². The highest BCUT2D eigenvalue weighted by Gasteiger charge is 2.28. The molecule has 0 bridgehead atoms. The van der Waals surface area contributed by atoms with Gasteiger partial charge in [0.05, 0.1) is 11.4 Å². The first-order valence-corrected chi connectivity index (χ1v) is 11.0. The van der Waals surface area contributed by atoms with Gasteiger partial charge in [0.1, 0.15) is 0 Å². The van der Waals surface area contributed by atoms with Crippen LogP contribution in [0.3, 0.4) is 0 Å². The summed E-state index contributed by atoms with van der Waals surface area (Å²) in [5.41, 5.74) is 3.05. The number of amides is 1. The minimum Gasteiger partial charge on any atom is -0.324 e. The van der Waals surface area contributed by atoms with Crippen LogP contribution in [-0.2, 0) is 21.2 Å². The Morgan fingerprint density at radius 2 is 1.68 bits per heavy atom. The maximum Gasteiger partial charge on any atom is 0.243 e. The van der Waals surface area contributed by atoms with Gasteiger partial charge in [-0.05, 0) is 36.6 Å². The average molecular weight is 402 g/mol. The van der Waals surface area contributed by atoms with Crippen molar-refractivity contribution in [3.05, 3.63) is 59.7 Å². The molecule has 1 aliphatic heterocycles. The summed E-state index contributed by atoms with van der Waals surface area (Å²) < 4.78 is 26.9. The first-order valence-electron chi connectivity index (χ1n) is 9.57. The molecule has 0 radical (unpaired) electrons. The lowest BCUT2D eigenvalue weighted by molar-refractivity contribution is -0.117. The van der Waals surface area contributed by atoms with Crippen LogP contribution in [-0.4, -0.2) is 56.3 Å². The Morgan fingerprint density at radius 3 is 2.32 bits per heavy atom. The fraction of sp³-hybridized carbons (Fsp3) is 0.381. The van der Waals surface area contributed by atoms with Crippen LogP contribution in [0, 0.1) is 6.92 Å². The highest BCUT2D eigenvalue weighted by molar-refractivity contribution is 7.89. The van der Waals surface area contributed by atoms with E-state index in [-0.39, 0.29) is 12.5 Å².